The third-order valence-corrected chi connectivity index (χ3v) is 4.56. The molecule has 0 unspecified atom stereocenters. The molecule has 0 radical (unpaired) electrons. The van der Waals surface area contributed by atoms with Crippen molar-refractivity contribution in [1.82, 2.24) is 10.3 Å². The predicted octanol–water partition coefficient (Wildman–Crippen LogP) is 2.43. The molecule has 1 saturated carbocycles. The summed E-state index contributed by atoms with van der Waals surface area (Å²) in [6.07, 6.45) is 2.79. The number of carbonyl (C=O) groups is 1. The molecule has 1 aromatic carbocycles. The largest absolute Gasteiger partial charge is 0.394 e. The molecular formula is C16H20N2O2. The van der Waals surface area contributed by atoms with E-state index in [0.717, 1.165) is 35.9 Å². The molecule has 20 heavy (non-hydrogen) atoms. The average Bonchev–Trinajstić information content (AvgIpc) is 2.69. The number of nitrogens with one attached hydrogen (secondary N) is 2. The van der Waals surface area contributed by atoms with Gasteiger partial charge in [-0.15, -0.1) is 0 Å². The summed E-state index contributed by atoms with van der Waals surface area (Å²) in [7, 11) is 0. The molecule has 1 amide bonds. The molecule has 106 valence electrons. The number of hydrogen-bond donors (Lipinski definition) is 3. The number of carbonyl (C=O) groups excluding carboxylic acids is 1. The number of benzene rings is 1. The zero-order chi connectivity index (χ0) is 14.3. The first-order valence-corrected chi connectivity index (χ1v) is 7.07. The standard InChI is InChI=1S/C16H20N2O2/c1-10-11(2)17-14-5-4-12(8-13(10)14)15(20)18-16(9-19)6-3-7-16/h4-5,8,17,19H,3,6-7,9H2,1-2H3,(H,18,20). The fraction of sp³-hybridized carbons (Fsp3) is 0.438. The lowest BCUT2D eigenvalue weighted by Crippen LogP contribution is -2.56. The highest BCUT2D eigenvalue weighted by atomic mass is 16.3. The maximum Gasteiger partial charge on any atom is 0.251 e. The topological polar surface area (TPSA) is 65.1 Å². The van der Waals surface area contributed by atoms with Gasteiger partial charge in [-0.3, -0.25) is 4.79 Å². The van der Waals surface area contributed by atoms with Crippen LogP contribution in [-0.4, -0.2) is 28.1 Å². The van der Waals surface area contributed by atoms with Crippen molar-refractivity contribution in [2.24, 2.45) is 0 Å². The van der Waals surface area contributed by atoms with Gasteiger partial charge in [0.05, 0.1) is 12.1 Å². The molecule has 0 atom stereocenters. The fourth-order valence-electron chi connectivity index (χ4n) is 2.84. The van der Waals surface area contributed by atoms with Crippen LogP contribution >= 0.6 is 0 Å². The maximum atomic E-state index is 12.3. The number of aromatic amines is 1. The molecule has 4 nitrogen and oxygen atoms in total. The lowest BCUT2D eigenvalue weighted by atomic mass is 9.77. The molecule has 1 aliphatic carbocycles. The third-order valence-electron chi connectivity index (χ3n) is 4.56. The number of rotatable bonds is 3. The number of aliphatic hydroxyl groups is 1. The number of fused-ring (bicyclic) bond motifs is 1. The molecule has 1 fully saturated rings. The molecular weight excluding hydrogens is 252 g/mol. The normalized spacial score (nSPS) is 16.9. The van der Waals surface area contributed by atoms with Crippen molar-refractivity contribution in [1.29, 1.82) is 0 Å². The Morgan fingerprint density at radius 2 is 2.15 bits per heavy atom. The second-order valence-electron chi connectivity index (χ2n) is 5.88. The third kappa shape index (κ3) is 2.00. The molecule has 3 rings (SSSR count). The monoisotopic (exact) mass is 272 g/mol. The van der Waals surface area contributed by atoms with Crippen LogP contribution in [-0.2, 0) is 0 Å². The first-order chi connectivity index (χ1) is 9.54. The van der Waals surface area contributed by atoms with Gasteiger partial charge in [0.2, 0.25) is 0 Å². The van der Waals surface area contributed by atoms with Crippen LogP contribution in [0.15, 0.2) is 18.2 Å². The molecule has 0 saturated heterocycles. The van der Waals surface area contributed by atoms with Gasteiger partial charge in [-0.1, -0.05) is 0 Å². The minimum atomic E-state index is -0.394. The molecule has 4 heteroatoms. The average molecular weight is 272 g/mol. The Labute approximate surface area is 118 Å². The van der Waals surface area contributed by atoms with E-state index < -0.39 is 5.54 Å². The summed E-state index contributed by atoms with van der Waals surface area (Å²) >= 11 is 0. The summed E-state index contributed by atoms with van der Waals surface area (Å²) in [5, 5.41) is 13.5. The van der Waals surface area contributed by atoms with Crippen molar-refractivity contribution in [2.45, 2.75) is 38.6 Å². The van der Waals surface area contributed by atoms with E-state index >= 15 is 0 Å². The summed E-state index contributed by atoms with van der Waals surface area (Å²) in [5.74, 6) is -0.0982. The summed E-state index contributed by atoms with van der Waals surface area (Å²) < 4.78 is 0. The maximum absolute atomic E-state index is 12.3. The van der Waals surface area contributed by atoms with Gasteiger partial charge in [-0.25, -0.2) is 0 Å². The number of H-pyrrole nitrogens is 1. The summed E-state index contributed by atoms with van der Waals surface area (Å²) in [6, 6.07) is 5.70. The van der Waals surface area contributed by atoms with Crippen molar-refractivity contribution >= 4 is 16.8 Å². The van der Waals surface area contributed by atoms with E-state index in [0.29, 0.717) is 5.56 Å². The highest BCUT2D eigenvalue weighted by Gasteiger charge is 2.37. The summed E-state index contributed by atoms with van der Waals surface area (Å²) in [5.41, 5.74) is 3.62. The van der Waals surface area contributed by atoms with Crippen LogP contribution in [0.4, 0.5) is 0 Å². The Kier molecular flexibility index (Phi) is 3.05. The number of aryl methyl sites for hydroxylation is 2. The van der Waals surface area contributed by atoms with Crippen molar-refractivity contribution in [2.75, 3.05) is 6.61 Å². The SMILES string of the molecule is Cc1[nH]c2ccc(C(=O)NC3(CO)CCC3)cc2c1C. The second kappa shape index (κ2) is 4.63. The predicted molar refractivity (Wildman–Crippen MR) is 78.9 cm³/mol. The molecule has 0 bridgehead atoms. The van der Waals surface area contributed by atoms with Crippen LogP contribution in [0.1, 0.15) is 40.9 Å². The van der Waals surface area contributed by atoms with Crippen molar-refractivity contribution in [3.05, 3.63) is 35.0 Å². The Bertz CT molecular complexity index is 663. The molecule has 3 N–H and O–H groups in total. The van der Waals surface area contributed by atoms with Crippen LogP contribution < -0.4 is 5.32 Å². The van der Waals surface area contributed by atoms with Crippen molar-refractivity contribution in [3.63, 3.8) is 0 Å². The highest BCUT2D eigenvalue weighted by Crippen LogP contribution is 2.31. The molecule has 1 heterocycles. The van der Waals surface area contributed by atoms with Crippen LogP contribution in [0, 0.1) is 13.8 Å². The number of aromatic nitrogens is 1. The van der Waals surface area contributed by atoms with E-state index in [2.05, 4.69) is 17.2 Å². The number of aliphatic hydroxyl groups excluding tert-OH is 1. The Morgan fingerprint density at radius 1 is 1.40 bits per heavy atom. The van der Waals surface area contributed by atoms with Crippen LogP contribution in [0.5, 0.6) is 0 Å². The second-order valence-corrected chi connectivity index (χ2v) is 5.88. The van der Waals surface area contributed by atoms with Gasteiger partial charge in [0.25, 0.3) is 5.91 Å². The van der Waals surface area contributed by atoms with E-state index in [4.69, 9.17) is 0 Å². The highest BCUT2D eigenvalue weighted by molar-refractivity contribution is 5.99. The zero-order valence-electron chi connectivity index (χ0n) is 11.9. The summed E-state index contributed by atoms with van der Waals surface area (Å²) in [6.45, 7) is 4.10. The zero-order valence-corrected chi connectivity index (χ0v) is 11.9. The smallest absolute Gasteiger partial charge is 0.251 e. The van der Waals surface area contributed by atoms with E-state index in [9.17, 15) is 9.90 Å². The van der Waals surface area contributed by atoms with Crippen LogP contribution in [0.25, 0.3) is 10.9 Å². The van der Waals surface area contributed by atoms with E-state index in [1.165, 1.54) is 5.56 Å². The number of amides is 1. The van der Waals surface area contributed by atoms with Gasteiger partial charge in [0.1, 0.15) is 0 Å². The molecule has 1 aromatic heterocycles. The van der Waals surface area contributed by atoms with Gasteiger partial charge in [0.15, 0.2) is 0 Å². The minimum absolute atomic E-state index is 0.0171. The Balaban J connectivity index is 1.90. The lowest BCUT2D eigenvalue weighted by Gasteiger charge is -2.40. The van der Waals surface area contributed by atoms with E-state index in [-0.39, 0.29) is 12.5 Å². The fourth-order valence-corrected chi connectivity index (χ4v) is 2.84. The van der Waals surface area contributed by atoms with Gasteiger partial charge in [-0.2, -0.15) is 0 Å². The molecule has 1 aliphatic rings. The van der Waals surface area contributed by atoms with Gasteiger partial charge in [-0.05, 0) is 56.9 Å². The first kappa shape index (κ1) is 13.2. The van der Waals surface area contributed by atoms with Crippen molar-refractivity contribution in [3.8, 4) is 0 Å². The quantitative estimate of drug-likeness (QED) is 0.803. The first-order valence-electron chi connectivity index (χ1n) is 7.07. The van der Waals surface area contributed by atoms with E-state index in [1.54, 1.807) is 0 Å². The van der Waals surface area contributed by atoms with Gasteiger partial charge in [0, 0.05) is 22.2 Å². The lowest BCUT2D eigenvalue weighted by molar-refractivity contribution is 0.0642. The molecule has 0 spiro atoms. The van der Waals surface area contributed by atoms with Crippen LogP contribution in [0.3, 0.4) is 0 Å². The van der Waals surface area contributed by atoms with Crippen LogP contribution in [0.2, 0.25) is 0 Å². The minimum Gasteiger partial charge on any atom is -0.394 e. The van der Waals surface area contributed by atoms with E-state index in [1.807, 2.05) is 25.1 Å². The van der Waals surface area contributed by atoms with Crippen molar-refractivity contribution < 1.29 is 9.90 Å². The van der Waals surface area contributed by atoms with Gasteiger partial charge >= 0.3 is 0 Å². The molecule has 2 aromatic rings. The summed E-state index contributed by atoms with van der Waals surface area (Å²) in [4.78, 5) is 15.6. The van der Waals surface area contributed by atoms with Gasteiger partial charge < -0.3 is 15.4 Å². The Morgan fingerprint density at radius 3 is 2.75 bits per heavy atom. The number of hydrogen-bond acceptors (Lipinski definition) is 2. The molecule has 0 aliphatic heterocycles. The Hall–Kier alpha value is -1.81.